The summed E-state index contributed by atoms with van der Waals surface area (Å²) < 4.78 is 0. The normalized spacial score (nSPS) is 42.7. The molecule has 0 aromatic heterocycles. The summed E-state index contributed by atoms with van der Waals surface area (Å²) in [6.45, 7) is 5.19. The highest BCUT2D eigenvalue weighted by Gasteiger charge is 2.23. The van der Waals surface area contributed by atoms with Gasteiger partial charge in [-0.15, -0.1) is 0 Å². The molecular formula is C7H14N2. The first kappa shape index (κ1) is 5.69. The van der Waals surface area contributed by atoms with Gasteiger partial charge in [0.05, 0.1) is 13.3 Å². The molecule has 0 atom stereocenters. The molecule has 0 aliphatic carbocycles. The minimum absolute atomic E-state index is 1.25. The van der Waals surface area contributed by atoms with Crippen molar-refractivity contribution < 1.29 is 0 Å². The quantitative estimate of drug-likeness (QED) is 0.471. The first-order chi connectivity index (χ1) is 4.45. The van der Waals surface area contributed by atoms with Gasteiger partial charge in [-0.2, -0.15) is 0 Å². The molecule has 0 N–H and O–H groups in total. The van der Waals surface area contributed by atoms with Crippen LogP contribution in [0.25, 0.3) is 0 Å². The second-order valence-electron chi connectivity index (χ2n) is 3.13. The van der Waals surface area contributed by atoms with E-state index in [1.807, 2.05) is 0 Å². The Bertz CT molecular complexity index is 81.6. The molecule has 3 aliphatic rings. The molecule has 3 saturated heterocycles. The summed E-state index contributed by atoms with van der Waals surface area (Å²) in [6.07, 6.45) is 4.29. The second kappa shape index (κ2) is 2.27. The Kier molecular flexibility index (Phi) is 1.44. The van der Waals surface area contributed by atoms with Gasteiger partial charge in [0, 0.05) is 13.1 Å². The summed E-state index contributed by atoms with van der Waals surface area (Å²) in [5, 5.41) is 0. The smallest absolute Gasteiger partial charge is 0.0529 e. The van der Waals surface area contributed by atoms with Crippen LogP contribution in [0.3, 0.4) is 0 Å². The van der Waals surface area contributed by atoms with Crippen LogP contribution in [0.4, 0.5) is 0 Å². The first-order valence-electron chi connectivity index (χ1n) is 3.90. The van der Waals surface area contributed by atoms with Crippen molar-refractivity contribution in [2.24, 2.45) is 0 Å². The number of hydrogen-bond acceptors (Lipinski definition) is 2. The molecule has 3 rings (SSSR count). The van der Waals surface area contributed by atoms with Gasteiger partial charge in [-0.25, -0.2) is 0 Å². The van der Waals surface area contributed by atoms with Crippen LogP contribution in [0, 0.1) is 0 Å². The van der Waals surface area contributed by atoms with Crippen LogP contribution < -0.4 is 0 Å². The van der Waals surface area contributed by atoms with E-state index in [2.05, 4.69) is 9.80 Å². The van der Waals surface area contributed by atoms with Gasteiger partial charge in [0.25, 0.3) is 0 Å². The lowest BCUT2D eigenvalue weighted by Crippen LogP contribution is -2.56. The molecule has 2 nitrogen and oxygen atoms in total. The fourth-order valence-electron chi connectivity index (χ4n) is 1.65. The van der Waals surface area contributed by atoms with E-state index in [-0.39, 0.29) is 0 Å². The molecule has 3 fully saturated rings. The zero-order valence-electron chi connectivity index (χ0n) is 5.84. The average Bonchev–Trinajstić information content (AvgIpc) is 1.54. The van der Waals surface area contributed by atoms with E-state index in [0.717, 1.165) is 0 Å². The molecule has 52 valence electrons. The third kappa shape index (κ3) is 1.10. The zero-order valence-corrected chi connectivity index (χ0v) is 5.84. The maximum absolute atomic E-state index is 2.51. The van der Waals surface area contributed by atoms with E-state index >= 15 is 0 Å². The van der Waals surface area contributed by atoms with Crippen LogP contribution in [0.1, 0.15) is 19.3 Å². The van der Waals surface area contributed by atoms with E-state index < -0.39 is 0 Å². The lowest BCUT2D eigenvalue weighted by atomic mass is 10.2. The monoisotopic (exact) mass is 126 g/mol. The summed E-state index contributed by atoms with van der Waals surface area (Å²) in [7, 11) is 0. The van der Waals surface area contributed by atoms with Crippen molar-refractivity contribution in [1.29, 1.82) is 0 Å². The summed E-state index contributed by atoms with van der Waals surface area (Å²) in [4.78, 5) is 5.03. The van der Waals surface area contributed by atoms with E-state index in [9.17, 15) is 0 Å². The van der Waals surface area contributed by atoms with E-state index in [0.29, 0.717) is 0 Å². The van der Waals surface area contributed by atoms with Gasteiger partial charge in [-0.3, -0.25) is 9.80 Å². The molecule has 3 aliphatic heterocycles. The Morgan fingerprint density at radius 1 is 0.667 bits per heavy atom. The van der Waals surface area contributed by atoms with Crippen molar-refractivity contribution >= 4 is 0 Å². The molecular weight excluding hydrogens is 112 g/mol. The summed E-state index contributed by atoms with van der Waals surface area (Å²) in [5.41, 5.74) is 0. The van der Waals surface area contributed by atoms with Crippen LogP contribution >= 0.6 is 0 Å². The Hall–Kier alpha value is -0.0800. The van der Waals surface area contributed by atoms with Gasteiger partial charge < -0.3 is 0 Å². The third-order valence-electron chi connectivity index (χ3n) is 2.25. The topological polar surface area (TPSA) is 6.48 Å². The van der Waals surface area contributed by atoms with Gasteiger partial charge in [0.2, 0.25) is 0 Å². The Balaban J connectivity index is 1.85. The van der Waals surface area contributed by atoms with Gasteiger partial charge in [-0.05, 0) is 12.8 Å². The summed E-state index contributed by atoms with van der Waals surface area (Å²) in [5.74, 6) is 0. The highest BCUT2D eigenvalue weighted by molar-refractivity contribution is 4.72. The van der Waals surface area contributed by atoms with Crippen molar-refractivity contribution in [3.63, 3.8) is 0 Å². The van der Waals surface area contributed by atoms with Crippen molar-refractivity contribution in [1.82, 2.24) is 9.80 Å². The summed E-state index contributed by atoms with van der Waals surface area (Å²) >= 11 is 0. The predicted octanol–water partition coefficient (Wildman–Crippen LogP) is 0.703. The second-order valence-corrected chi connectivity index (χ2v) is 3.13. The van der Waals surface area contributed by atoms with E-state index in [1.165, 1.54) is 45.7 Å². The molecule has 2 heteroatoms. The zero-order chi connectivity index (χ0) is 6.10. The molecule has 0 amide bonds. The van der Waals surface area contributed by atoms with Crippen LogP contribution in [-0.2, 0) is 0 Å². The van der Waals surface area contributed by atoms with Crippen LogP contribution in [-0.4, -0.2) is 36.2 Å². The third-order valence-corrected chi connectivity index (χ3v) is 2.25. The number of fused-ring (bicyclic) bond motifs is 4. The average molecular weight is 126 g/mol. The molecule has 9 heavy (non-hydrogen) atoms. The van der Waals surface area contributed by atoms with Crippen LogP contribution in [0.5, 0.6) is 0 Å². The van der Waals surface area contributed by atoms with Gasteiger partial charge in [-0.1, -0.05) is 6.42 Å². The Morgan fingerprint density at radius 3 is 1.78 bits per heavy atom. The maximum Gasteiger partial charge on any atom is 0.0529 e. The van der Waals surface area contributed by atoms with Gasteiger partial charge >= 0.3 is 0 Å². The largest absolute Gasteiger partial charge is 0.277 e. The van der Waals surface area contributed by atoms with Crippen molar-refractivity contribution in [2.75, 3.05) is 26.4 Å². The molecule has 2 bridgehead atoms. The molecule has 3 heterocycles. The van der Waals surface area contributed by atoms with Crippen molar-refractivity contribution in [3.05, 3.63) is 0 Å². The molecule has 0 aromatic rings. The predicted molar refractivity (Wildman–Crippen MR) is 37.0 cm³/mol. The van der Waals surface area contributed by atoms with E-state index in [4.69, 9.17) is 0 Å². The fraction of sp³-hybridized carbons (Fsp3) is 1.00. The van der Waals surface area contributed by atoms with Gasteiger partial charge in [0.1, 0.15) is 0 Å². The van der Waals surface area contributed by atoms with Crippen LogP contribution in [0.2, 0.25) is 0 Å². The maximum atomic E-state index is 2.51. The van der Waals surface area contributed by atoms with Crippen molar-refractivity contribution in [2.45, 2.75) is 19.3 Å². The first-order valence-corrected chi connectivity index (χ1v) is 3.90. The van der Waals surface area contributed by atoms with E-state index in [1.54, 1.807) is 0 Å². The SMILES string of the molecule is C1CCN2CN(CC1)C2. The molecule has 0 saturated carbocycles. The number of rotatable bonds is 0. The highest BCUT2D eigenvalue weighted by Crippen LogP contribution is 2.14. The number of hydrogen-bond donors (Lipinski definition) is 0. The lowest BCUT2D eigenvalue weighted by molar-refractivity contribution is -0.0403. The van der Waals surface area contributed by atoms with Crippen molar-refractivity contribution in [3.8, 4) is 0 Å². The summed E-state index contributed by atoms with van der Waals surface area (Å²) in [6, 6.07) is 0. The molecule has 0 unspecified atom stereocenters. The van der Waals surface area contributed by atoms with Gasteiger partial charge in [0.15, 0.2) is 0 Å². The minimum Gasteiger partial charge on any atom is -0.277 e. The molecule has 0 aromatic carbocycles. The number of nitrogens with zero attached hydrogens (tertiary/aromatic N) is 2. The Labute approximate surface area is 56.4 Å². The molecule has 0 radical (unpaired) electrons. The molecule has 0 spiro atoms. The lowest BCUT2D eigenvalue weighted by Gasteiger charge is -2.44. The van der Waals surface area contributed by atoms with Crippen LogP contribution in [0.15, 0.2) is 0 Å². The highest BCUT2D eigenvalue weighted by atomic mass is 15.5. The fourth-order valence-corrected chi connectivity index (χ4v) is 1.65. The standard InChI is InChI=1S/C7H14N2/c1-2-4-8-6-9(7-8)5-3-1/h1-7H2. The Morgan fingerprint density at radius 2 is 1.22 bits per heavy atom. The minimum atomic E-state index is 1.25.